The molecule has 1 fully saturated rings. The quantitative estimate of drug-likeness (QED) is 0.848. The number of anilines is 1. The van der Waals surface area contributed by atoms with Crippen LogP contribution < -0.4 is 10.6 Å². The van der Waals surface area contributed by atoms with Crippen LogP contribution in [0.4, 0.5) is 18.9 Å². The van der Waals surface area contributed by atoms with Crippen molar-refractivity contribution in [3.63, 3.8) is 0 Å². The molecule has 0 saturated carbocycles. The number of benzene rings is 1. The number of alkyl halides is 3. The van der Waals surface area contributed by atoms with Crippen LogP contribution in [0, 0.1) is 0 Å². The molecule has 5 nitrogen and oxygen atoms in total. The molecule has 9 heteroatoms. The summed E-state index contributed by atoms with van der Waals surface area (Å²) in [7, 11) is 0. The van der Waals surface area contributed by atoms with E-state index in [2.05, 4.69) is 10.6 Å². The van der Waals surface area contributed by atoms with Crippen molar-refractivity contribution >= 4 is 29.1 Å². The summed E-state index contributed by atoms with van der Waals surface area (Å²) in [5.41, 5.74) is -0.783. The van der Waals surface area contributed by atoms with Crippen LogP contribution in [0.15, 0.2) is 18.2 Å². The third-order valence-electron chi connectivity index (χ3n) is 4.03. The Bertz CT molecular complexity index is 644. The average Bonchev–Trinajstić information content (AvgIpc) is 2.53. The van der Waals surface area contributed by atoms with Gasteiger partial charge in [0.15, 0.2) is 0 Å². The third kappa shape index (κ3) is 5.52. The maximum absolute atomic E-state index is 12.8. The molecule has 1 aliphatic rings. The number of halogens is 4. The van der Waals surface area contributed by atoms with Crippen LogP contribution in [0.5, 0.6) is 0 Å². The second-order valence-electron chi connectivity index (χ2n) is 5.89. The number of hydrogen-bond acceptors (Lipinski definition) is 3. The van der Waals surface area contributed by atoms with E-state index < -0.39 is 11.7 Å². The van der Waals surface area contributed by atoms with Gasteiger partial charge >= 0.3 is 6.18 Å². The van der Waals surface area contributed by atoms with E-state index in [-0.39, 0.29) is 35.1 Å². The molecule has 2 amide bonds. The standard InChI is InChI=1S/C16H19ClF3N3O2/c1-10(24)23-6-4-11(5-7-23)22-15(25)9-21-12-2-3-14(17)13(8-12)16(18,19)20/h2-3,8,11,21H,4-7,9H2,1H3,(H,22,25). The van der Waals surface area contributed by atoms with Crippen LogP contribution >= 0.6 is 11.6 Å². The minimum absolute atomic E-state index is 0.00894. The molecule has 0 spiro atoms. The van der Waals surface area contributed by atoms with Gasteiger partial charge in [0, 0.05) is 31.7 Å². The highest BCUT2D eigenvalue weighted by Crippen LogP contribution is 2.36. The van der Waals surface area contributed by atoms with E-state index in [1.54, 1.807) is 4.90 Å². The molecule has 25 heavy (non-hydrogen) atoms. The van der Waals surface area contributed by atoms with Gasteiger partial charge in [-0.1, -0.05) is 11.6 Å². The van der Waals surface area contributed by atoms with Gasteiger partial charge in [0.25, 0.3) is 0 Å². The zero-order chi connectivity index (χ0) is 18.6. The number of likely N-dealkylation sites (tertiary alicyclic amines) is 1. The van der Waals surface area contributed by atoms with Crippen LogP contribution in [0.25, 0.3) is 0 Å². The maximum Gasteiger partial charge on any atom is 0.417 e. The summed E-state index contributed by atoms with van der Waals surface area (Å²) in [6.45, 7) is 2.52. The van der Waals surface area contributed by atoms with E-state index in [1.165, 1.54) is 13.0 Å². The number of carbonyl (C=O) groups excluding carboxylic acids is 2. The molecule has 0 radical (unpaired) electrons. The lowest BCUT2D eigenvalue weighted by Gasteiger charge is -2.31. The Kier molecular flexibility index (Phi) is 6.16. The van der Waals surface area contributed by atoms with Gasteiger partial charge in [-0.2, -0.15) is 13.2 Å². The molecule has 1 aromatic rings. The van der Waals surface area contributed by atoms with E-state index in [0.717, 1.165) is 12.1 Å². The largest absolute Gasteiger partial charge is 0.417 e. The van der Waals surface area contributed by atoms with E-state index in [4.69, 9.17) is 11.6 Å². The Morgan fingerprint density at radius 3 is 2.48 bits per heavy atom. The van der Waals surface area contributed by atoms with Gasteiger partial charge in [-0.25, -0.2) is 0 Å². The van der Waals surface area contributed by atoms with Crippen molar-refractivity contribution in [1.29, 1.82) is 0 Å². The summed E-state index contributed by atoms with van der Waals surface area (Å²) in [6.07, 6.45) is -3.24. The first-order valence-electron chi connectivity index (χ1n) is 7.82. The second kappa shape index (κ2) is 7.95. The highest BCUT2D eigenvalue weighted by Gasteiger charge is 2.33. The molecule has 0 unspecified atom stereocenters. The number of amides is 2. The summed E-state index contributed by atoms with van der Waals surface area (Å²) < 4.78 is 38.4. The van der Waals surface area contributed by atoms with Gasteiger partial charge in [0.05, 0.1) is 17.1 Å². The number of piperidine rings is 1. The Hall–Kier alpha value is -1.96. The third-order valence-corrected chi connectivity index (χ3v) is 4.36. The van der Waals surface area contributed by atoms with Crippen LogP contribution in [0.3, 0.4) is 0 Å². The van der Waals surface area contributed by atoms with E-state index in [0.29, 0.717) is 25.9 Å². The zero-order valence-corrected chi connectivity index (χ0v) is 14.4. The summed E-state index contributed by atoms with van der Waals surface area (Å²) in [6, 6.07) is 3.36. The Balaban J connectivity index is 1.84. The summed E-state index contributed by atoms with van der Waals surface area (Å²) in [5.74, 6) is -0.306. The van der Waals surface area contributed by atoms with Crippen molar-refractivity contribution in [3.8, 4) is 0 Å². The predicted molar refractivity (Wildman–Crippen MR) is 88.4 cm³/mol. The molecule has 0 bridgehead atoms. The molecule has 0 aromatic heterocycles. The minimum Gasteiger partial charge on any atom is -0.376 e. The Morgan fingerprint density at radius 2 is 1.92 bits per heavy atom. The molecule has 1 aromatic carbocycles. The number of nitrogens with zero attached hydrogens (tertiary/aromatic N) is 1. The van der Waals surface area contributed by atoms with Crippen LogP contribution in [0.2, 0.25) is 5.02 Å². The molecule has 1 heterocycles. The van der Waals surface area contributed by atoms with Gasteiger partial charge in [-0.15, -0.1) is 0 Å². The van der Waals surface area contributed by atoms with Crippen molar-refractivity contribution in [2.45, 2.75) is 32.0 Å². The molecular weight excluding hydrogens is 359 g/mol. The Labute approximate surface area is 148 Å². The summed E-state index contributed by atoms with van der Waals surface area (Å²) >= 11 is 5.55. The lowest BCUT2D eigenvalue weighted by molar-refractivity contribution is -0.137. The first-order chi connectivity index (χ1) is 11.7. The number of hydrogen-bond donors (Lipinski definition) is 2. The number of carbonyl (C=O) groups is 2. The van der Waals surface area contributed by atoms with Crippen LogP contribution in [-0.4, -0.2) is 42.4 Å². The Morgan fingerprint density at radius 1 is 1.28 bits per heavy atom. The van der Waals surface area contributed by atoms with Crippen LogP contribution in [-0.2, 0) is 15.8 Å². The fourth-order valence-corrected chi connectivity index (χ4v) is 2.88. The van der Waals surface area contributed by atoms with E-state index in [9.17, 15) is 22.8 Å². The predicted octanol–water partition coefficient (Wildman–Crippen LogP) is 2.90. The van der Waals surface area contributed by atoms with Gasteiger partial charge in [0.1, 0.15) is 0 Å². The minimum atomic E-state index is -4.55. The molecule has 1 aliphatic heterocycles. The summed E-state index contributed by atoms with van der Waals surface area (Å²) in [4.78, 5) is 24.9. The van der Waals surface area contributed by atoms with Gasteiger partial charge in [-0.3, -0.25) is 9.59 Å². The highest BCUT2D eigenvalue weighted by molar-refractivity contribution is 6.31. The smallest absolute Gasteiger partial charge is 0.376 e. The first-order valence-corrected chi connectivity index (χ1v) is 8.20. The highest BCUT2D eigenvalue weighted by atomic mass is 35.5. The molecule has 0 atom stereocenters. The van der Waals surface area contributed by atoms with E-state index in [1.807, 2.05) is 0 Å². The fraction of sp³-hybridized carbons (Fsp3) is 0.500. The number of nitrogens with one attached hydrogen (secondary N) is 2. The number of rotatable bonds is 4. The second-order valence-corrected chi connectivity index (χ2v) is 6.30. The zero-order valence-electron chi connectivity index (χ0n) is 13.6. The lowest BCUT2D eigenvalue weighted by atomic mass is 10.1. The molecule has 2 N–H and O–H groups in total. The molecule has 2 rings (SSSR count). The fourth-order valence-electron chi connectivity index (χ4n) is 2.65. The van der Waals surface area contributed by atoms with Gasteiger partial charge < -0.3 is 15.5 Å². The van der Waals surface area contributed by atoms with Crippen molar-refractivity contribution in [1.82, 2.24) is 10.2 Å². The summed E-state index contributed by atoms with van der Waals surface area (Å²) in [5, 5.41) is 5.09. The van der Waals surface area contributed by atoms with E-state index >= 15 is 0 Å². The molecule has 1 saturated heterocycles. The maximum atomic E-state index is 12.8. The van der Waals surface area contributed by atoms with Crippen molar-refractivity contribution in [2.75, 3.05) is 25.0 Å². The van der Waals surface area contributed by atoms with Crippen molar-refractivity contribution in [3.05, 3.63) is 28.8 Å². The normalized spacial score (nSPS) is 15.8. The monoisotopic (exact) mass is 377 g/mol. The van der Waals surface area contributed by atoms with Gasteiger partial charge in [0.2, 0.25) is 11.8 Å². The van der Waals surface area contributed by atoms with Crippen LogP contribution in [0.1, 0.15) is 25.3 Å². The molecule has 138 valence electrons. The molecule has 0 aliphatic carbocycles. The average molecular weight is 378 g/mol. The SMILES string of the molecule is CC(=O)N1CCC(NC(=O)CNc2ccc(Cl)c(C(F)(F)F)c2)CC1. The lowest BCUT2D eigenvalue weighted by Crippen LogP contribution is -2.47. The molecular formula is C16H19ClF3N3O2. The van der Waals surface area contributed by atoms with Gasteiger partial charge in [-0.05, 0) is 31.0 Å². The van der Waals surface area contributed by atoms with Crippen molar-refractivity contribution in [2.24, 2.45) is 0 Å². The topological polar surface area (TPSA) is 61.4 Å². The first kappa shape index (κ1) is 19.4. The van der Waals surface area contributed by atoms with Crippen molar-refractivity contribution < 1.29 is 22.8 Å².